The maximum atomic E-state index is 8.74. The minimum absolute atomic E-state index is 1.19. The average Bonchev–Trinajstić information content (AvgIpc) is 1.81. The molecule has 82 valence electrons. The van der Waals surface area contributed by atoms with Crippen molar-refractivity contribution in [1.29, 1.82) is 0 Å². The standard InChI is InChI=1S/C3H9O4P.H2O4S/c4-1(2(5)6)3(7)8;1-5(2,3)4/h1-7H,8H2;(H2,1,2,3,4). The molecular formula is C3H11O8PS. The molecule has 0 aliphatic rings. The highest BCUT2D eigenvalue weighted by atomic mass is 32.3. The zero-order valence-corrected chi connectivity index (χ0v) is 8.19. The van der Waals surface area contributed by atoms with Gasteiger partial charge in [-0.2, -0.15) is 8.42 Å². The summed E-state index contributed by atoms with van der Waals surface area (Å²) in [6.45, 7) is 0. The van der Waals surface area contributed by atoms with Crippen molar-refractivity contribution in [1.82, 2.24) is 0 Å². The smallest absolute Gasteiger partial charge is 0.386 e. The fourth-order valence-corrected chi connectivity index (χ4v) is 0.375. The summed E-state index contributed by atoms with van der Waals surface area (Å²) in [6.07, 6.45) is -3.37. The number of hydrogen-bond donors (Lipinski definition) is 6. The summed E-state index contributed by atoms with van der Waals surface area (Å²) < 4.78 is 31.6. The molecule has 0 spiro atoms. The van der Waals surface area contributed by atoms with Gasteiger partial charge in [0.1, 0.15) is 6.10 Å². The van der Waals surface area contributed by atoms with Crippen molar-refractivity contribution in [3.8, 4) is 0 Å². The first kappa shape index (κ1) is 15.6. The largest absolute Gasteiger partial charge is 0.394 e. The molecular weight excluding hydrogens is 227 g/mol. The molecule has 0 saturated carbocycles. The predicted molar refractivity (Wildman–Crippen MR) is 44.1 cm³/mol. The van der Waals surface area contributed by atoms with E-state index in [0.29, 0.717) is 0 Å². The molecule has 3 unspecified atom stereocenters. The third-order valence-electron chi connectivity index (χ3n) is 0.655. The second kappa shape index (κ2) is 6.57. The van der Waals surface area contributed by atoms with E-state index in [1.807, 2.05) is 9.24 Å². The molecule has 0 heterocycles. The average molecular weight is 238 g/mol. The van der Waals surface area contributed by atoms with E-state index < -0.39 is 28.6 Å². The van der Waals surface area contributed by atoms with Crippen molar-refractivity contribution < 1.29 is 37.9 Å². The molecule has 0 radical (unpaired) electrons. The van der Waals surface area contributed by atoms with Gasteiger partial charge in [0.05, 0.1) is 5.85 Å². The number of hydrogen-bond acceptors (Lipinski definition) is 6. The van der Waals surface area contributed by atoms with Gasteiger partial charge in [0.25, 0.3) is 0 Å². The first-order valence-corrected chi connectivity index (χ1v) is 4.79. The van der Waals surface area contributed by atoms with Crippen LogP contribution in [0.5, 0.6) is 0 Å². The van der Waals surface area contributed by atoms with E-state index in [1.165, 1.54) is 0 Å². The van der Waals surface area contributed by atoms with Crippen LogP contribution in [0.3, 0.4) is 0 Å². The molecule has 0 bridgehead atoms. The van der Waals surface area contributed by atoms with Crippen LogP contribution >= 0.6 is 9.24 Å². The number of rotatable bonds is 2. The first-order chi connectivity index (χ1) is 5.55. The summed E-state index contributed by atoms with van der Waals surface area (Å²) in [4.78, 5) is 0. The highest BCUT2D eigenvalue weighted by molar-refractivity contribution is 7.79. The topological polar surface area (TPSA) is 156 Å². The first-order valence-electron chi connectivity index (χ1n) is 2.73. The van der Waals surface area contributed by atoms with Gasteiger partial charge in [-0.1, -0.05) is 0 Å². The van der Waals surface area contributed by atoms with Gasteiger partial charge in [-0.05, 0) is 0 Å². The maximum Gasteiger partial charge on any atom is 0.394 e. The minimum atomic E-state index is -4.67. The molecule has 6 N–H and O–H groups in total. The molecule has 0 aliphatic carbocycles. The minimum Gasteiger partial charge on any atom is -0.386 e. The normalized spacial score (nSPS) is 16.0. The summed E-state index contributed by atoms with van der Waals surface area (Å²) in [5, 5.41) is 33.1. The van der Waals surface area contributed by atoms with E-state index in [1.54, 1.807) is 0 Å². The summed E-state index contributed by atoms with van der Waals surface area (Å²) in [5.41, 5.74) is 0. The van der Waals surface area contributed by atoms with Gasteiger partial charge in [0, 0.05) is 0 Å². The van der Waals surface area contributed by atoms with Gasteiger partial charge in [0.15, 0.2) is 6.29 Å². The molecule has 0 rings (SSSR count). The van der Waals surface area contributed by atoms with Gasteiger partial charge < -0.3 is 20.4 Å². The molecule has 0 fully saturated rings. The molecule has 0 aliphatic heterocycles. The van der Waals surface area contributed by atoms with Crippen LogP contribution in [0.15, 0.2) is 0 Å². The molecule has 8 nitrogen and oxygen atoms in total. The van der Waals surface area contributed by atoms with Crippen molar-refractivity contribution in [2.75, 3.05) is 0 Å². The van der Waals surface area contributed by atoms with Crippen molar-refractivity contribution >= 4 is 19.6 Å². The highest BCUT2D eigenvalue weighted by Gasteiger charge is 2.17. The van der Waals surface area contributed by atoms with Gasteiger partial charge in [0.2, 0.25) is 0 Å². The Bertz CT molecular complexity index is 193. The molecule has 0 aromatic rings. The fourth-order valence-electron chi connectivity index (χ4n) is 0.176. The van der Waals surface area contributed by atoms with Crippen LogP contribution in [0.25, 0.3) is 0 Å². The third kappa shape index (κ3) is 18.8. The van der Waals surface area contributed by atoms with Gasteiger partial charge >= 0.3 is 10.4 Å². The second-order valence-electron chi connectivity index (χ2n) is 1.84. The van der Waals surface area contributed by atoms with E-state index in [0.717, 1.165) is 0 Å². The Morgan fingerprint density at radius 1 is 1.00 bits per heavy atom. The predicted octanol–water partition coefficient (Wildman–Crippen LogP) is -2.80. The van der Waals surface area contributed by atoms with Crippen LogP contribution < -0.4 is 0 Å². The Morgan fingerprint density at radius 2 is 1.23 bits per heavy atom. The molecule has 0 saturated heterocycles. The molecule has 0 aromatic carbocycles. The summed E-state index contributed by atoms with van der Waals surface area (Å²) in [7, 11) is -2.84. The Kier molecular flexibility index (Phi) is 7.89. The lowest BCUT2D eigenvalue weighted by Gasteiger charge is -2.13. The van der Waals surface area contributed by atoms with Gasteiger partial charge in [-0.3, -0.25) is 9.11 Å². The zero-order valence-electron chi connectivity index (χ0n) is 6.22. The summed E-state index contributed by atoms with van der Waals surface area (Å²) in [5.74, 6) is -1.19. The second-order valence-corrected chi connectivity index (χ2v) is 3.42. The molecule has 0 amide bonds. The van der Waals surface area contributed by atoms with Crippen LogP contribution in [0.2, 0.25) is 0 Å². The monoisotopic (exact) mass is 238 g/mol. The molecule has 3 atom stereocenters. The van der Waals surface area contributed by atoms with Crippen LogP contribution in [0, 0.1) is 0 Å². The van der Waals surface area contributed by atoms with Crippen LogP contribution in [0.4, 0.5) is 0 Å². The van der Waals surface area contributed by atoms with Gasteiger partial charge in [-0.25, -0.2) is 0 Å². The number of aliphatic hydroxyl groups excluding tert-OH is 3. The van der Waals surface area contributed by atoms with Crippen LogP contribution in [-0.2, 0) is 10.4 Å². The van der Waals surface area contributed by atoms with E-state index in [-0.39, 0.29) is 0 Å². The van der Waals surface area contributed by atoms with E-state index >= 15 is 0 Å². The lowest BCUT2D eigenvalue weighted by Crippen LogP contribution is -2.33. The zero-order chi connectivity index (χ0) is 11.2. The Labute approximate surface area is 76.6 Å². The van der Waals surface area contributed by atoms with Crippen LogP contribution in [-0.4, -0.2) is 56.2 Å². The Balaban J connectivity index is 0. The lowest BCUT2D eigenvalue weighted by molar-refractivity contribution is -0.141. The van der Waals surface area contributed by atoms with E-state index in [4.69, 9.17) is 37.9 Å². The van der Waals surface area contributed by atoms with Crippen molar-refractivity contribution in [2.45, 2.75) is 18.2 Å². The van der Waals surface area contributed by atoms with Crippen molar-refractivity contribution in [3.05, 3.63) is 0 Å². The quantitative estimate of drug-likeness (QED) is 0.171. The Hall–Kier alpha value is 0.140. The van der Waals surface area contributed by atoms with Crippen molar-refractivity contribution in [3.63, 3.8) is 0 Å². The summed E-state index contributed by atoms with van der Waals surface area (Å²) in [6, 6.07) is 0. The molecule has 0 aromatic heterocycles. The lowest BCUT2D eigenvalue weighted by atomic mass is 10.4. The third-order valence-corrected chi connectivity index (χ3v) is 1.05. The van der Waals surface area contributed by atoms with E-state index in [2.05, 4.69) is 0 Å². The maximum absolute atomic E-state index is 8.74. The Morgan fingerprint density at radius 3 is 1.23 bits per heavy atom. The SMILES string of the molecule is O=S(=O)(O)O.OC(O)C(O)C(O)P. The highest BCUT2D eigenvalue weighted by Crippen LogP contribution is 2.03. The molecule has 13 heavy (non-hydrogen) atoms. The number of aliphatic hydroxyl groups is 4. The van der Waals surface area contributed by atoms with Crippen LogP contribution in [0.1, 0.15) is 0 Å². The van der Waals surface area contributed by atoms with Crippen molar-refractivity contribution in [2.24, 2.45) is 0 Å². The van der Waals surface area contributed by atoms with Gasteiger partial charge in [-0.15, -0.1) is 9.24 Å². The summed E-state index contributed by atoms with van der Waals surface area (Å²) >= 11 is 0. The fraction of sp³-hybridized carbons (Fsp3) is 1.00. The van der Waals surface area contributed by atoms with E-state index in [9.17, 15) is 0 Å². The molecule has 10 heteroatoms.